The van der Waals surface area contributed by atoms with E-state index < -0.39 is 5.41 Å². The first-order valence-electron chi connectivity index (χ1n) is 6.86. The minimum absolute atomic E-state index is 0.0222. The monoisotopic (exact) mass is 234 g/mol. The molecule has 0 saturated heterocycles. The molecule has 0 bridgehead atoms. The molecule has 0 aromatic carbocycles. The summed E-state index contributed by atoms with van der Waals surface area (Å²) < 4.78 is 0. The predicted molar refractivity (Wildman–Crippen MR) is 66.1 cm³/mol. The average molecular weight is 234 g/mol. The van der Waals surface area contributed by atoms with Crippen LogP contribution in [0.5, 0.6) is 0 Å². The molecule has 1 N–H and O–H groups in total. The van der Waals surface area contributed by atoms with Gasteiger partial charge >= 0.3 is 0 Å². The molecule has 2 aliphatic rings. The van der Waals surface area contributed by atoms with Gasteiger partial charge in [-0.1, -0.05) is 19.8 Å². The van der Waals surface area contributed by atoms with E-state index in [4.69, 9.17) is 5.26 Å². The molecule has 3 heteroatoms. The van der Waals surface area contributed by atoms with Crippen molar-refractivity contribution < 1.29 is 4.79 Å². The van der Waals surface area contributed by atoms with Crippen molar-refractivity contribution >= 4 is 5.91 Å². The highest BCUT2D eigenvalue weighted by Crippen LogP contribution is 2.42. The fourth-order valence-corrected chi connectivity index (χ4v) is 3.14. The molecule has 0 aromatic rings. The molecular weight excluding hydrogens is 212 g/mol. The molecule has 2 saturated carbocycles. The third kappa shape index (κ3) is 2.18. The van der Waals surface area contributed by atoms with Crippen LogP contribution in [0.3, 0.4) is 0 Å². The highest BCUT2D eigenvalue weighted by atomic mass is 16.2. The molecular formula is C14H22N2O. The summed E-state index contributed by atoms with van der Waals surface area (Å²) >= 11 is 0. The van der Waals surface area contributed by atoms with E-state index in [1.807, 2.05) is 0 Å². The molecule has 0 aliphatic heterocycles. The van der Waals surface area contributed by atoms with Gasteiger partial charge in [-0.15, -0.1) is 0 Å². The Labute approximate surface area is 104 Å². The zero-order chi connectivity index (χ0) is 12.4. The van der Waals surface area contributed by atoms with Gasteiger partial charge in [-0.3, -0.25) is 4.79 Å². The lowest BCUT2D eigenvalue weighted by molar-refractivity contribution is -0.132. The first-order chi connectivity index (χ1) is 8.16. The van der Waals surface area contributed by atoms with E-state index in [0.717, 1.165) is 32.2 Å². The van der Waals surface area contributed by atoms with E-state index >= 15 is 0 Å². The van der Waals surface area contributed by atoms with Gasteiger partial charge in [0.05, 0.1) is 6.07 Å². The smallest absolute Gasteiger partial charge is 0.240 e. The van der Waals surface area contributed by atoms with Crippen molar-refractivity contribution in [2.24, 2.45) is 10.8 Å². The topological polar surface area (TPSA) is 52.9 Å². The molecule has 0 radical (unpaired) electrons. The van der Waals surface area contributed by atoms with Crippen LogP contribution in [0.1, 0.15) is 58.3 Å². The van der Waals surface area contributed by atoms with Crippen LogP contribution in [-0.4, -0.2) is 12.5 Å². The fourth-order valence-electron chi connectivity index (χ4n) is 3.14. The van der Waals surface area contributed by atoms with Crippen LogP contribution in [0, 0.1) is 22.2 Å². The Morgan fingerprint density at radius 1 is 1.24 bits per heavy atom. The molecule has 17 heavy (non-hydrogen) atoms. The van der Waals surface area contributed by atoms with E-state index in [1.54, 1.807) is 0 Å². The molecule has 94 valence electrons. The van der Waals surface area contributed by atoms with E-state index in [-0.39, 0.29) is 5.91 Å². The largest absolute Gasteiger partial charge is 0.354 e. The van der Waals surface area contributed by atoms with Crippen molar-refractivity contribution in [1.82, 2.24) is 5.32 Å². The van der Waals surface area contributed by atoms with Crippen molar-refractivity contribution in [2.45, 2.75) is 58.3 Å². The van der Waals surface area contributed by atoms with Gasteiger partial charge in [0.25, 0.3) is 0 Å². The second-order valence-electron chi connectivity index (χ2n) is 5.79. The summed E-state index contributed by atoms with van der Waals surface area (Å²) in [6, 6.07) is 2.21. The van der Waals surface area contributed by atoms with Gasteiger partial charge in [0.1, 0.15) is 5.41 Å². The summed E-state index contributed by atoms with van der Waals surface area (Å²) in [5.41, 5.74) is -0.371. The molecule has 0 heterocycles. The highest BCUT2D eigenvalue weighted by molar-refractivity contribution is 5.86. The van der Waals surface area contributed by atoms with Crippen molar-refractivity contribution in [1.29, 1.82) is 5.26 Å². The van der Waals surface area contributed by atoms with Gasteiger partial charge in [-0.25, -0.2) is 0 Å². The second-order valence-corrected chi connectivity index (χ2v) is 5.79. The maximum absolute atomic E-state index is 12.1. The molecule has 0 spiro atoms. The van der Waals surface area contributed by atoms with Crippen molar-refractivity contribution in [3.8, 4) is 6.07 Å². The van der Waals surface area contributed by atoms with Gasteiger partial charge < -0.3 is 5.32 Å². The SMILES string of the molecule is CCC1(CNC(=O)C2(C#N)CCC2)CCCC1. The summed E-state index contributed by atoms with van der Waals surface area (Å²) in [5, 5.41) is 12.2. The minimum Gasteiger partial charge on any atom is -0.354 e. The lowest BCUT2D eigenvalue weighted by Gasteiger charge is -2.35. The number of nitrogens with zero attached hydrogens (tertiary/aromatic N) is 1. The van der Waals surface area contributed by atoms with Crippen molar-refractivity contribution in [3.05, 3.63) is 0 Å². The lowest BCUT2D eigenvalue weighted by atomic mass is 9.69. The number of nitriles is 1. The Bertz CT molecular complexity index is 333. The molecule has 2 aliphatic carbocycles. The van der Waals surface area contributed by atoms with Crippen molar-refractivity contribution in [2.75, 3.05) is 6.54 Å². The van der Waals surface area contributed by atoms with Gasteiger partial charge in [0.15, 0.2) is 0 Å². The number of hydrogen-bond donors (Lipinski definition) is 1. The Morgan fingerprint density at radius 2 is 1.88 bits per heavy atom. The third-order valence-electron chi connectivity index (χ3n) is 4.89. The Morgan fingerprint density at radius 3 is 2.29 bits per heavy atom. The van der Waals surface area contributed by atoms with E-state index in [2.05, 4.69) is 18.3 Å². The molecule has 0 unspecified atom stereocenters. The minimum atomic E-state index is -0.687. The average Bonchev–Trinajstić information content (AvgIpc) is 2.75. The first kappa shape index (κ1) is 12.4. The number of hydrogen-bond acceptors (Lipinski definition) is 2. The van der Waals surface area contributed by atoms with Gasteiger partial charge in [-0.2, -0.15) is 5.26 Å². The van der Waals surface area contributed by atoms with Crippen molar-refractivity contribution in [3.63, 3.8) is 0 Å². The number of rotatable bonds is 4. The lowest BCUT2D eigenvalue weighted by Crippen LogP contribution is -2.47. The van der Waals surface area contributed by atoms with Crippen LogP contribution in [0.2, 0.25) is 0 Å². The number of nitrogens with one attached hydrogen (secondary N) is 1. The molecule has 3 nitrogen and oxygen atoms in total. The summed E-state index contributed by atoms with van der Waals surface area (Å²) in [4.78, 5) is 12.1. The van der Waals surface area contributed by atoms with Gasteiger partial charge in [0.2, 0.25) is 5.91 Å². The Hall–Kier alpha value is -1.04. The second kappa shape index (κ2) is 4.68. The highest BCUT2D eigenvalue weighted by Gasteiger charge is 2.45. The fraction of sp³-hybridized carbons (Fsp3) is 0.857. The van der Waals surface area contributed by atoms with Crippen LogP contribution in [0.4, 0.5) is 0 Å². The Balaban J connectivity index is 1.89. The van der Waals surface area contributed by atoms with Crippen LogP contribution in [-0.2, 0) is 4.79 Å². The third-order valence-corrected chi connectivity index (χ3v) is 4.89. The molecule has 2 rings (SSSR count). The number of amides is 1. The standard InChI is InChI=1S/C14H22N2O/c1-2-13(6-3-4-7-13)11-16-12(17)14(10-15)8-5-9-14/h2-9,11H2,1H3,(H,16,17). The Kier molecular flexibility index (Phi) is 3.42. The molecule has 2 fully saturated rings. The zero-order valence-electron chi connectivity index (χ0n) is 10.7. The van der Waals surface area contributed by atoms with E-state index in [9.17, 15) is 4.79 Å². The molecule has 0 atom stereocenters. The van der Waals surface area contributed by atoms with Gasteiger partial charge in [-0.05, 0) is 43.9 Å². The van der Waals surface area contributed by atoms with Crippen LogP contribution < -0.4 is 5.32 Å². The maximum Gasteiger partial charge on any atom is 0.240 e. The van der Waals surface area contributed by atoms with E-state index in [0.29, 0.717) is 5.41 Å². The molecule has 1 amide bonds. The summed E-state index contributed by atoms with van der Waals surface area (Å²) in [6.07, 6.45) is 8.66. The predicted octanol–water partition coefficient (Wildman–Crippen LogP) is 2.77. The van der Waals surface area contributed by atoms with E-state index in [1.165, 1.54) is 25.7 Å². The maximum atomic E-state index is 12.1. The zero-order valence-corrected chi connectivity index (χ0v) is 10.7. The molecule has 0 aromatic heterocycles. The normalized spacial score (nSPS) is 24.7. The number of carbonyl (C=O) groups is 1. The van der Waals surface area contributed by atoms with Crippen LogP contribution in [0.15, 0.2) is 0 Å². The summed E-state index contributed by atoms with van der Waals surface area (Å²) in [6.45, 7) is 2.98. The first-order valence-corrected chi connectivity index (χ1v) is 6.86. The van der Waals surface area contributed by atoms with Gasteiger partial charge in [0, 0.05) is 6.54 Å². The number of carbonyl (C=O) groups excluding carboxylic acids is 1. The summed E-state index contributed by atoms with van der Waals surface area (Å²) in [7, 11) is 0. The van der Waals surface area contributed by atoms with Crippen LogP contribution in [0.25, 0.3) is 0 Å². The summed E-state index contributed by atoms with van der Waals surface area (Å²) in [5.74, 6) is -0.0222. The quantitative estimate of drug-likeness (QED) is 0.813. The van der Waals surface area contributed by atoms with Crippen LogP contribution >= 0.6 is 0 Å².